The second kappa shape index (κ2) is 8.14. The number of nitrogens with zero attached hydrogens (tertiary/aromatic N) is 1. The van der Waals surface area contributed by atoms with Gasteiger partial charge in [-0.15, -0.1) is 0 Å². The van der Waals surface area contributed by atoms with Gasteiger partial charge in [-0.05, 0) is 23.1 Å². The molecule has 0 N–H and O–H groups in total. The largest absolute Gasteiger partial charge is 0.280 e. The molecule has 0 aliphatic carbocycles. The van der Waals surface area contributed by atoms with Gasteiger partial charge in [-0.1, -0.05) is 112 Å². The highest BCUT2D eigenvalue weighted by Crippen LogP contribution is 2.29. The molecule has 132 valence electrons. The van der Waals surface area contributed by atoms with Crippen LogP contribution in [0.15, 0.2) is 96.0 Å². The summed E-state index contributed by atoms with van der Waals surface area (Å²) in [4.78, 5) is 5.30. The lowest BCUT2D eigenvalue weighted by molar-refractivity contribution is 0.578. The third kappa shape index (κ3) is 4.70. The molecule has 0 saturated heterocycles. The summed E-state index contributed by atoms with van der Waals surface area (Å²) in [6.45, 7) is 6.72. The quantitative estimate of drug-likeness (QED) is 0.469. The maximum absolute atomic E-state index is 5.30. The summed E-state index contributed by atoms with van der Waals surface area (Å²) in [6.07, 6.45) is 0.900. The molecule has 0 aliphatic heterocycles. The molecule has 0 heterocycles. The zero-order valence-corrected chi connectivity index (χ0v) is 15.9. The van der Waals surface area contributed by atoms with Gasteiger partial charge in [0.05, 0.1) is 6.04 Å². The van der Waals surface area contributed by atoms with E-state index in [0.29, 0.717) is 0 Å². The average molecular weight is 341 g/mol. The van der Waals surface area contributed by atoms with Crippen molar-refractivity contribution in [2.75, 3.05) is 0 Å². The fourth-order valence-electron chi connectivity index (χ4n) is 3.20. The smallest absolute Gasteiger partial charge is 0.0793 e. The van der Waals surface area contributed by atoms with Gasteiger partial charge in [-0.3, -0.25) is 4.99 Å². The molecule has 1 heteroatoms. The van der Waals surface area contributed by atoms with Crippen LogP contribution in [-0.2, 0) is 6.42 Å². The minimum absolute atomic E-state index is 0.0227. The van der Waals surface area contributed by atoms with Gasteiger partial charge in [-0.25, -0.2) is 0 Å². The Morgan fingerprint density at radius 3 is 1.77 bits per heavy atom. The third-order valence-electron chi connectivity index (χ3n) is 4.50. The van der Waals surface area contributed by atoms with E-state index in [2.05, 4.69) is 112 Å². The first-order valence-electron chi connectivity index (χ1n) is 9.26. The van der Waals surface area contributed by atoms with Crippen molar-refractivity contribution in [1.82, 2.24) is 0 Å². The molecule has 0 fully saturated rings. The molecule has 0 unspecified atom stereocenters. The second-order valence-electron chi connectivity index (χ2n) is 7.71. The molecule has 3 aromatic carbocycles. The van der Waals surface area contributed by atoms with E-state index in [1.165, 1.54) is 16.7 Å². The Morgan fingerprint density at radius 2 is 1.23 bits per heavy atom. The lowest BCUT2D eigenvalue weighted by Gasteiger charge is -2.25. The van der Waals surface area contributed by atoms with Gasteiger partial charge in [-0.2, -0.15) is 0 Å². The van der Waals surface area contributed by atoms with Crippen LogP contribution < -0.4 is 0 Å². The maximum atomic E-state index is 5.30. The van der Waals surface area contributed by atoms with Crippen LogP contribution in [0.3, 0.4) is 0 Å². The van der Waals surface area contributed by atoms with Crippen LogP contribution in [0.2, 0.25) is 0 Å². The summed E-state index contributed by atoms with van der Waals surface area (Å²) < 4.78 is 0. The van der Waals surface area contributed by atoms with Gasteiger partial charge in [0.2, 0.25) is 0 Å². The topological polar surface area (TPSA) is 12.4 Å². The first-order valence-corrected chi connectivity index (χ1v) is 9.26. The molecule has 0 aromatic heterocycles. The van der Waals surface area contributed by atoms with Crippen LogP contribution in [0, 0.1) is 5.41 Å². The van der Waals surface area contributed by atoms with Crippen molar-refractivity contribution in [3.05, 3.63) is 108 Å². The normalized spacial score (nSPS) is 13.4. The molecule has 1 atom stereocenters. The van der Waals surface area contributed by atoms with Crippen molar-refractivity contribution in [3.8, 4) is 0 Å². The van der Waals surface area contributed by atoms with Crippen LogP contribution >= 0.6 is 0 Å². The Hall–Kier alpha value is -2.67. The van der Waals surface area contributed by atoms with Gasteiger partial charge in [0.15, 0.2) is 0 Å². The summed E-state index contributed by atoms with van der Waals surface area (Å²) in [5, 5.41) is 0. The van der Waals surface area contributed by atoms with Crippen molar-refractivity contribution in [2.45, 2.75) is 33.2 Å². The van der Waals surface area contributed by atoms with E-state index < -0.39 is 0 Å². The zero-order chi connectivity index (χ0) is 18.4. The van der Waals surface area contributed by atoms with Crippen molar-refractivity contribution >= 4 is 5.71 Å². The van der Waals surface area contributed by atoms with Crippen LogP contribution in [0.25, 0.3) is 0 Å². The fourth-order valence-corrected chi connectivity index (χ4v) is 3.20. The first-order chi connectivity index (χ1) is 12.5. The number of hydrogen-bond donors (Lipinski definition) is 0. The van der Waals surface area contributed by atoms with E-state index in [0.717, 1.165) is 12.1 Å². The van der Waals surface area contributed by atoms with E-state index in [1.54, 1.807) is 0 Å². The molecule has 26 heavy (non-hydrogen) atoms. The summed E-state index contributed by atoms with van der Waals surface area (Å²) in [7, 11) is 0. The maximum Gasteiger partial charge on any atom is 0.0793 e. The van der Waals surface area contributed by atoms with Gasteiger partial charge in [0.25, 0.3) is 0 Å². The molecule has 0 spiro atoms. The van der Waals surface area contributed by atoms with Gasteiger partial charge >= 0.3 is 0 Å². The highest BCUT2D eigenvalue weighted by atomic mass is 14.8. The van der Waals surface area contributed by atoms with Crippen molar-refractivity contribution in [1.29, 1.82) is 0 Å². The van der Waals surface area contributed by atoms with E-state index in [-0.39, 0.29) is 11.5 Å². The molecular weight excluding hydrogens is 314 g/mol. The highest BCUT2D eigenvalue weighted by Gasteiger charge is 2.23. The lowest BCUT2D eigenvalue weighted by atomic mass is 9.85. The van der Waals surface area contributed by atoms with Crippen molar-refractivity contribution in [2.24, 2.45) is 10.4 Å². The van der Waals surface area contributed by atoms with E-state index in [1.807, 2.05) is 0 Å². The highest BCUT2D eigenvalue weighted by molar-refractivity contribution is 6.04. The molecule has 0 saturated carbocycles. The van der Waals surface area contributed by atoms with Gasteiger partial charge in [0.1, 0.15) is 0 Å². The number of benzene rings is 3. The Kier molecular flexibility index (Phi) is 5.68. The minimum atomic E-state index is -0.0227. The Bertz CT molecular complexity index is 828. The molecule has 3 rings (SSSR count). The predicted octanol–water partition coefficient (Wildman–Crippen LogP) is 6.51. The summed E-state index contributed by atoms with van der Waals surface area (Å²) >= 11 is 0. The fraction of sp³-hybridized carbons (Fsp3) is 0.240. The number of hydrogen-bond acceptors (Lipinski definition) is 1. The third-order valence-corrected chi connectivity index (χ3v) is 4.50. The average Bonchev–Trinajstić information content (AvgIpc) is 2.66. The summed E-state index contributed by atoms with van der Waals surface area (Å²) in [5.41, 5.74) is 4.91. The van der Waals surface area contributed by atoms with Crippen LogP contribution in [-0.4, -0.2) is 5.71 Å². The monoisotopic (exact) mass is 341 g/mol. The summed E-state index contributed by atoms with van der Waals surface area (Å²) in [5.74, 6) is 0. The molecular formula is C25H27N. The Morgan fingerprint density at radius 1 is 0.731 bits per heavy atom. The van der Waals surface area contributed by atoms with Gasteiger partial charge < -0.3 is 0 Å². The predicted molar refractivity (Wildman–Crippen MR) is 112 cm³/mol. The SMILES string of the molecule is CC(C)(C)C(=N[C@@H](Cc1ccccc1)c1ccccc1)c1ccccc1. The van der Waals surface area contributed by atoms with E-state index in [4.69, 9.17) is 4.99 Å². The lowest BCUT2D eigenvalue weighted by Crippen LogP contribution is -2.23. The van der Waals surface area contributed by atoms with E-state index >= 15 is 0 Å². The molecule has 0 amide bonds. The number of aliphatic imine (C=N–C) groups is 1. The van der Waals surface area contributed by atoms with Crippen LogP contribution in [0.1, 0.15) is 43.5 Å². The first kappa shape index (κ1) is 18.1. The van der Waals surface area contributed by atoms with Gasteiger partial charge in [0, 0.05) is 11.1 Å². The second-order valence-corrected chi connectivity index (χ2v) is 7.71. The van der Waals surface area contributed by atoms with E-state index in [9.17, 15) is 0 Å². The Balaban J connectivity index is 2.06. The standard InChI is InChI=1S/C25H27N/c1-25(2,3)24(22-17-11-6-12-18-22)26-23(21-15-9-5-10-16-21)19-20-13-7-4-8-14-20/h4-18,23H,19H2,1-3H3/t23-/m0/s1. The minimum Gasteiger partial charge on any atom is -0.280 e. The van der Waals surface area contributed by atoms with Crippen molar-refractivity contribution in [3.63, 3.8) is 0 Å². The molecule has 3 aromatic rings. The number of rotatable bonds is 5. The van der Waals surface area contributed by atoms with Crippen molar-refractivity contribution < 1.29 is 0 Å². The molecule has 0 bridgehead atoms. The Labute approximate surface area is 157 Å². The molecule has 1 nitrogen and oxygen atoms in total. The van der Waals surface area contributed by atoms with Crippen LogP contribution in [0.5, 0.6) is 0 Å². The molecule has 0 aliphatic rings. The molecule has 0 radical (unpaired) electrons. The van der Waals surface area contributed by atoms with Crippen LogP contribution in [0.4, 0.5) is 0 Å². The zero-order valence-electron chi connectivity index (χ0n) is 15.9. The summed E-state index contributed by atoms with van der Waals surface area (Å²) in [6, 6.07) is 31.9.